The van der Waals surface area contributed by atoms with Crippen molar-refractivity contribution in [3.05, 3.63) is 70.4 Å². The van der Waals surface area contributed by atoms with Crippen LogP contribution in [0.1, 0.15) is 42.7 Å². The summed E-state index contributed by atoms with van der Waals surface area (Å²) >= 11 is 0. The van der Waals surface area contributed by atoms with Crippen LogP contribution in [0.3, 0.4) is 0 Å². The van der Waals surface area contributed by atoms with Crippen LogP contribution in [0, 0.1) is 0 Å². The van der Waals surface area contributed by atoms with Gasteiger partial charge in [0.05, 0.1) is 32.2 Å². The van der Waals surface area contributed by atoms with E-state index in [-0.39, 0.29) is 17.9 Å². The third kappa shape index (κ3) is 6.59. The molecule has 1 aromatic carbocycles. The van der Waals surface area contributed by atoms with Gasteiger partial charge in [-0.15, -0.1) is 0 Å². The average Bonchev–Trinajstić information content (AvgIpc) is 3.28. The zero-order valence-corrected chi connectivity index (χ0v) is 18.7. The van der Waals surface area contributed by atoms with Crippen LogP contribution in [0.5, 0.6) is 0 Å². The molecule has 3 aromatic rings. The van der Waals surface area contributed by atoms with E-state index in [1.807, 2.05) is 0 Å². The first kappa shape index (κ1) is 23.9. The molecule has 2 heterocycles. The third-order valence-corrected chi connectivity index (χ3v) is 4.66. The largest absolute Gasteiger partial charge is 0.450 e. The van der Waals surface area contributed by atoms with Crippen molar-refractivity contribution in [3.63, 3.8) is 0 Å². The quantitative estimate of drug-likeness (QED) is 0.350. The molecule has 1 N–H and O–H groups in total. The first-order valence-electron chi connectivity index (χ1n) is 10.8. The van der Waals surface area contributed by atoms with Gasteiger partial charge >= 0.3 is 6.09 Å². The average molecular weight is 453 g/mol. The molecule has 10 nitrogen and oxygen atoms in total. The van der Waals surface area contributed by atoms with Gasteiger partial charge in [-0.05, 0) is 25.5 Å². The van der Waals surface area contributed by atoms with Gasteiger partial charge in [-0.3, -0.25) is 19.6 Å². The number of hydrogen-bond donors (Lipinski definition) is 1. The standard InChI is InChI=1S/C23H27N5O5/c1-3-5-12-32-13-11-27-16-19(15-24-27)28-10-9-20(29)21(26-28)22(30)17-7-6-8-18(14-17)25-23(31)33-4-2/h6-10,14-16H,3-5,11-13H2,1-2H3,(H,25,31). The number of nitrogens with one attached hydrogen (secondary N) is 1. The molecule has 0 aliphatic rings. The van der Waals surface area contributed by atoms with Crippen LogP contribution in [0.15, 0.2) is 53.7 Å². The summed E-state index contributed by atoms with van der Waals surface area (Å²) in [5, 5.41) is 11.0. The Morgan fingerprint density at radius 2 is 2.00 bits per heavy atom. The molecule has 0 fully saturated rings. The predicted octanol–water partition coefficient (Wildman–Crippen LogP) is 3.05. The zero-order valence-electron chi connectivity index (χ0n) is 18.7. The number of carbonyl (C=O) groups excluding carboxylic acids is 2. The molecule has 0 aliphatic carbocycles. The van der Waals surface area contributed by atoms with Crippen LogP contribution in [-0.4, -0.2) is 51.3 Å². The highest BCUT2D eigenvalue weighted by Gasteiger charge is 2.17. The molecular formula is C23H27N5O5. The highest BCUT2D eigenvalue weighted by molar-refractivity contribution is 6.08. The van der Waals surface area contributed by atoms with Crippen LogP contribution in [0.4, 0.5) is 10.5 Å². The minimum absolute atomic E-state index is 0.214. The lowest BCUT2D eigenvalue weighted by atomic mass is 10.1. The smallest absolute Gasteiger partial charge is 0.411 e. The van der Waals surface area contributed by atoms with Crippen LogP contribution in [0.2, 0.25) is 0 Å². The molecule has 0 saturated heterocycles. The predicted molar refractivity (Wildman–Crippen MR) is 122 cm³/mol. The van der Waals surface area contributed by atoms with Crippen molar-refractivity contribution in [2.24, 2.45) is 0 Å². The van der Waals surface area contributed by atoms with Crippen molar-refractivity contribution in [2.75, 3.05) is 25.1 Å². The summed E-state index contributed by atoms with van der Waals surface area (Å²) in [5.41, 5.74) is 0.457. The molecule has 0 bridgehead atoms. The van der Waals surface area contributed by atoms with Crippen molar-refractivity contribution >= 4 is 17.6 Å². The van der Waals surface area contributed by atoms with Crippen molar-refractivity contribution in [2.45, 2.75) is 33.2 Å². The van der Waals surface area contributed by atoms with Gasteiger partial charge in [0.1, 0.15) is 5.69 Å². The van der Waals surface area contributed by atoms with Crippen molar-refractivity contribution in [1.82, 2.24) is 19.6 Å². The second-order valence-corrected chi connectivity index (χ2v) is 7.16. The van der Waals surface area contributed by atoms with E-state index in [9.17, 15) is 14.4 Å². The van der Waals surface area contributed by atoms with E-state index in [0.29, 0.717) is 31.1 Å². The van der Waals surface area contributed by atoms with Gasteiger partial charge in [-0.2, -0.15) is 10.2 Å². The fraction of sp³-hybridized carbons (Fsp3) is 0.348. The van der Waals surface area contributed by atoms with Gasteiger partial charge in [-0.25, -0.2) is 9.48 Å². The number of rotatable bonds is 11. The van der Waals surface area contributed by atoms with E-state index >= 15 is 0 Å². The number of ketones is 1. The van der Waals surface area contributed by atoms with Crippen LogP contribution in [0.25, 0.3) is 5.69 Å². The maximum atomic E-state index is 13.0. The van der Waals surface area contributed by atoms with E-state index in [0.717, 1.165) is 12.8 Å². The van der Waals surface area contributed by atoms with E-state index in [4.69, 9.17) is 9.47 Å². The Balaban J connectivity index is 1.75. The Labute approximate surface area is 191 Å². The van der Waals surface area contributed by atoms with Gasteiger partial charge in [0, 0.05) is 30.1 Å². The van der Waals surface area contributed by atoms with E-state index in [2.05, 4.69) is 22.4 Å². The first-order valence-corrected chi connectivity index (χ1v) is 10.8. The van der Waals surface area contributed by atoms with Crippen molar-refractivity contribution in [3.8, 4) is 5.69 Å². The van der Waals surface area contributed by atoms with E-state index < -0.39 is 17.3 Å². The topological polar surface area (TPSA) is 117 Å². The normalized spacial score (nSPS) is 10.7. The lowest BCUT2D eigenvalue weighted by Crippen LogP contribution is -2.21. The maximum Gasteiger partial charge on any atom is 0.411 e. The van der Waals surface area contributed by atoms with Gasteiger partial charge in [-0.1, -0.05) is 25.5 Å². The SMILES string of the molecule is CCCCOCCn1cc(-n2ccc(=O)c(C(=O)c3cccc(NC(=O)OCC)c3)n2)cn1. The number of hydrogen-bond acceptors (Lipinski definition) is 7. The monoisotopic (exact) mass is 453 g/mol. The molecule has 0 saturated carbocycles. The number of carbonyl (C=O) groups is 2. The summed E-state index contributed by atoms with van der Waals surface area (Å²) < 4.78 is 13.5. The maximum absolute atomic E-state index is 13.0. The fourth-order valence-corrected chi connectivity index (χ4v) is 2.97. The number of anilines is 1. The van der Waals surface area contributed by atoms with E-state index in [1.165, 1.54) is 23.0 Å². The molecule has 0 aliphatic heterocycles. The summed E-state index contributed by atoms with van der Waals surface area (Å²) in [7, 11) is 0. The van der Waals surface area contributed by atoms with Crippen molar-refractivity contribution < 1.29 is 19.1 Å². The van der Waals surface area contributed by atoms with Crippen LogP contribution in [-0.2, 0) is 16.0 Å². The lowest BCUT2D eigenvalue weighted by molar-refractivity contribution is 0.103. The summed E-state index contributed by atoms with van der Waals surface area (Å²) in [6.07, 6.45) is 6.31. The number of benzene rings is 1. The highest BCUT2D eigenvalue weighted by Crippen LogP contribution is 2.14. The molecule has 0 atom stereocenters. The Kier molecular flexibility index (Phi) is 8.48. The highest BCUT2D eigenvalue weighted by atomic mass is 16.5. The third-order valence-electron chi connectivity index (χ3n) is 4.66. The molecular weight excluding hydrogens is 426 g/mol. The van der Waals surface area contributed by atoms with Gasteiger partial charge in [0.25, 0.3) is 0 Å². The summed E-state index contributed by atoms with van der Waals surface area (Å²) in [4.78, 5) is 37.0. The summed E-state index contributed by atoms with van der Waals surface area (Å²) in [6, 6.07) is 7.52. The first-order chi connectivity index (χ1) is 16.0. The molecule has 0 unspecified atom stereocenters. The molecule has 0 spiro atoms. The number of amides is 1. The molecule has 174 valence electrons. The number of aromatic nitrogens is 4. The van der Waals surface area contributed by atoms with Gasteiger partial charge in [0.15, 0.2) is 5.69 Å². The van der Waals surface area contributed by atoms with E-state index in [1.54, 1.807) is 42.2 Å². The molecule has 1 amide bonds. The molecule has 3 rings (SSSR count). The molecule has 2 aromatic heterocycles. The number of nitrogens with zero attached hydrogens (tertiary/aromatic N) is 4. The zero-order chi connectivity index (χ0) is 23.6. The summed E-state index contributed by atoms with van der Waals surface area (Å²) in [6.45, 7) is 5.86. The molecule has 33 heavy (non-hydrogen) atoms. The van der Waals surface area contributed by atoms with Crippen molar-refractivity contribution in [1.29, 1.82) is 0 Å². The van der Waals surface area contributed by atoms with Gasteiger partial charge < -0.3 is 9.47 Å². The lowest BCUT2D eigenvalue weighted by Gasteiger charge is -2.08. The number of ether oxygens (including phenoxy) is 2. The Hall–Kier alpha value is -3.79. The van der Waals surface area contributed by atoms with Crippen LogP contribution < -0.4 is 10.7 Å². The van der Waals surface area contributed by atoms with Crippen LogP contribution >= 0.6 is 0 Å². The minimum atomic E-state index is -0.630. The summed E-state index contributed by atoms with van der Waals surface area (Å²) in [5.74, 6) is -0.557. The number of unbranched alkanes of at least 4 members (excludes halogenated alkanes) is 1. The van der Waals surface area contributed by atoms with Gasteiger partial charge in [0.2, 0.25) is 11.2 Å². The Morgan fingerprint density at radius 1 is 1.15 bits per heavy atom. The molecule has 0 radical (unpaired) electrons. The fourth-order valence-electron chi connectivity index (χ4n) is 2.97. The minimum Gasteiger partial charge on any atom is -0.450 e. The Bertz CT molecular complexity index is 1150. The second-order valence-electron chi connectivity index (χ2n) is 7.16. The Morgan fingerprint density at radius 3 is 2.79 bits per heavy atom. The molecule has 10 heteroatoms. The second kappa shape index (κ2) is 11.7.